The van der Waals surface area contributed by atoms with Crippen LogP contribution in [0.1, 0.15) is 5.69 Å². The molecule has 0 spiro atoms. The molecule has 0 aromatic carbocycles. The molecule has 72 valence electrons. The van der Waals surface area contributed by atoms with Crippen molar-refractivity contribution < 1.29 is 18.3 Å². The molecular weight excluding hydrogens is 216 g/mol. The van der Waals surface area contributed by atoms with Gasteiger partial charge in [-0.25, -0.2) is 13.4 Å². The van der Waals surface area contributed by atoms with E-state index in [1.807, 2.05) is 0 Å². The number of anilines is 1. The molecular formula is C5H6N2O4S2. The average molecular weight is 222 g/mol. The zero-order chi connectivity index (χ0) is 9.84. The molecule has 1 heterocycles. The number of aromatic nitrogens is 1. The summed E-state index contributed by atoms with van der Waals surface area (Å²) >= 11 is 1.05. The summed E-state index contributed by atoms with van der Waals surface area (Å²) in [7, 11) is -2.73. The Morgan fingerprint density at radius 1 is 1.69 bits per heavy atom. The SMILES string of the molecule is O=C(O)Cc1csc(N[SH](=O)=O)n1. The molecule has 0 aliphatic heterocycles. The number of thiol groups is 1. The number of carbonyl (C=O) groups is 1. The first kappa shape index (κ1) is 9.93. The zero-order valence-corrected chi connectivity index (χ0v) is 7.97. The van der Waals surface area contributed by atoms with Crippen LogP contribution < -0.4 is 4.72 Å². The highest BCUT2D eigenvalue weighted by atomic mass is 32.2. The standard InChI is InChI=1S/C5H6N2O4S2/c8-4(9)1-3-2-12-5(6-3)7-13(10)11/h2,13H,1H2,(H,8,9)(H,6,7,10,11). The van der Waals surface area contributed by atoms with Crippen molar-refractivity contribution in [3.05, 3.63) is 11.1 Å². The summed E-state index contributed by atoms with van der Waals surface area (Å²) in [5.41, 5.74) is 0.344. The first-order valence-corrected chi connectivity index (χ1v) is 5.21. The molecule has 0 unspecified atom stereocenters. The number of rotatable bonds is 4. The minimum absolute atomic E-state index is 0.187. The predicted molar refractivity (Wildman–Crippen MR) is 47.4 cm³/mol. The van der Waals surface area contributed by atoms with Crippen molar-refractivity contribution in [3.63, 3.8) is 0 Å². The molecule has 8 heteroatoms. The molecule has 13 heavy (non-hydrogen) atoms. The molecule has 0 saturated heterocycles. The normalized spacial score (nSPS) is 10.2. The summed E-state index contributed by atoms with van der Waals surface area (Å²) in [5.74, 6) is -0.997. The third-order valence-electron chi connectivity index (χ3n) is 1.07. The molecule has 0 aliphatic carbocycles. The van der Waals surface area contributed by atoms with E-state index in [1.54, 1.807) is 0 Å². The Labute approximate surface area is 79.3 Å². The highest BCUT2D eigenvalue weighted by molar-refractivity contribution is 7.74. The smallest absolute Gasteiger partial charge is 0.309 e. The zero-order valence-electron chi connectivity index (χ0n) is 6.26. The summed E-state index contributed by atoms with van der Waals surface area (Å²) in [6.45, 7) is 0. The highest BCUT2D eigenvalue weighted by Crippen LogP contribution is 2.15. The number of hydrogen-bond donors (Lipinski definition) is 3. The summed E-state index contributed by atoms with van der Waals surface area (Å²) in [5, 5.41) is 10.1. The Morgan fingerprint density at radius 2 is 2.38 bits per heavy atom. The maximum atomic E-state index is 10.2. The van der Waals surface area contributed by atoms with Crippen LogP contribution >= 0.6 is 11.3 Å². The van der Waals surface area contributed by atoms with Gasteiger partial charge in [0.1, 0.15) is 0 Å². The summed E-state index contributed by atoms with van der Waals surface area (Å²) in [4.78, 5) is 14.0. The van der Waals surface area contributed by atoms with Crippen molar-refractivity contribution in [1.29, 1.82) is 0 Å². The van der Waals surface area contributed by atoms with E-state index in [9.17, 15) is 13.2 Å². The molecule has 0 amide bonds. The maximum absolute atomic E-state index is 10.2. The van der Waals surface area contributed by atoms with Crippen LogP contribution in [0, 0.1) is 0 Å². The molecule has 1 aromatic rings. The van der Waals surface area contributed by atoms with Gasteiger partial charge in [0.15, 0.2) is 5.13 Å². The molecule has 0 saturated carbocycles. The average Bonchev–Trinajstić information content (AvgIpc) is 2.33. The number of carboxylic acid groups (broad SMARTS) is 1. The lowest BCUT2D eigenvalue weighted by Gasteiger charge is -1.88. The van der Waals surface area contributed by atoms with Crippen LogP contribution in [0.2, 0.25) is 0 Å². The topological polar surface area (TPSA) is 96.4 Å². The second-order valence-electron chi connectivity index (χ2n) is 2.08. The van der Waals surface area contributed by atoms with Crippen molar-refractivity contribution in [2.45, 2.75) is 6.42 Å². The monoisotopic (exact) mass is 222 g/mol. The van der Waals surface area contributed by atoms with Crippen molar-refractivity contribution in [1.82, 2.24) is 4.98 Å². The summed E-state index contributed by atoms with van der Waals surface area (Å²) in [6.07, 6.45) is -0.201. The van der Waals surface area contributed by atoms with Gasteiger partial charge in [-0.15, -0.1) is 11.3 Å². The third-order valence-corrected chi connectivity index (χ3v) is 2.42. The van der Waals surface area contributed by atoms with Gasteiger partial charge in [-0.05, 0) is 0 Å². The van der Waals surface area contributed by atoms with Gasteiger partial charge < -0.3 is 5.11 Å². The van der Waals surface area contributed by atoms with E-state index in [1.165, 1.54) is 5.38 Å². The van der Waals surface area contributed by atoms with Gasteiger partial charge in [0.2, 0.25) is 10.9 Å². The Balaban J connectivity index is 2.68. The fourth-order valence-electron chi connectivity index (χ4n) is 0.673. The van der Waals surface area contributed by atoms with Gasteiger partial charge >= 0.3 is 5.97 Å². The molecule has 0 aliphatic rings. The predicted octanol–water partition coefficient (Wildman–Crippen LogP) is -0.291. The maximum Gasteiger partial charge on any atom is 0.309 e. The Morgan fingerprint density at radius 3 is 2.92 bits per heavy atom. The Hall–Kier alpha value is -1.15. The van der Waals surface area contributed by atoms with Crippen LogP contribution in [0.5, 0.6) is 0 Å². The Kier molecular flexibility index (Phi) is 3.20. The van der Waals surface area contributed by atoms with Gasteiger partial charge in [-0.2, -0.15) is 0 Å². The van der Waals surface area contributed by atoms with E-state index >= 15 is 0 Å². The molecule has 0 fully saturated rings. The van der Waals surface area contributed by atoms with Crippen molar-refractivity contribution in [2.24, 2.45) is 0 Å². The van der Waals surface area contributed by atoms with Crippen molar-refractivity contribution >= 4 is 33.3 Å². The number of nitrogens with zero attached hydrogens (tertiary/aromatic N) is 1. The number of nitrogens with one attached hydrogen (secondary N) is 1. The number of thiazole rings is 1. The number of hydrogen-bond acceptors (Lipinski definition) is 5. The summed E-state index contributed by atoms with van der Waals surface area (Å²) in [6, 6.07) is 0. The minimum atomic E-state index is -2.73. The second-order valence-corrected chi connectivity index (χ2v) is 3.68. The van der Waals surface area contributed by atoms with Gasteiger partial charge in [0.05, 0.1) is 12.1 Å². The van der Waals surface area contributed by atoms with Gasteiger partial charge in [0, 0.05) is 5.38 Å². The number of carboxylic acids is 1. The summed E-state index contributed by atoms with van der Waals surface area (Å²) < 4.78 is 22.4. The fourth-order valence-corrected chi connectivity index (χ4v) is 1.87. The van der Waals surface area contributed by atoms with E-state index < -0.39 is 16.9 Å². The van der Waals surface area contributed by atoms with Crippen LogP contribution in [0.3, 0.4) is 0 Å². The van der Waals surface area contributed by atoms with Gasteiger partial charge in [-0.1, -0.05) is 0 Å². The fraction of sp³-hybridized carbons (Fsp3) is 0.200. The first-order chi connectivity index (χ1) is 6.08. The van der Waals surface area contributed by atoms with E-state index in [0.29, 0.717) is 5.69 Å². The lowest BCUT2D eigenvalue weighted by Crippen LogP contribution is -2.00. The lowest BCUT2D eigenvalue weighted by molar-refractivity contribution is -0.136. The van der Waals surface area contributed by atoms with Crippen LogP contribution in [0.4, 0.5) is 5.13 Å². The van der Waals surface area contributed by atoms with E-state index in [0.717, 1.165) is 11.3 Å². The lowest BCUT2D eigenvalue weighted by atomic mass is 10.3. The van der Waals surface area contributed by atoms with E-state index in [4.69, 9.17) is 5.11 Å². The highest BCUT2D eigenvalue weighted by Gasteiger charge is 2.05. The minimum Gasteiger partial charge on any atom is -0.481 e. The molecule has 2 N–H and O–H groups in total. The van der Waals surface area contributed by atoms with Crippen LogP contribution in [0.25, 0.3) is 0 Å². The third kappa shape index (κ3) is 3.38. The van der Waals surface area contributed by atoms with Crippen LogP contribution in [-0.2, 0) is 22.1 Å². The van der Waals surface area contributed by atoms with E-state index in [2.05, 4.69) is 9.71 Å². The van der Waals surface area contributed by atoms with Crippen LogP contribution in [0.15, 0.2) is 5.38 Å². The second kappa shape index (κ2) is 4.19. The van der Waals surface area contributed by atoms with E-state index in [-0.39, 0.29) is 11.6 Å². The van der Waals surface area contributed by atoms with Gasteiger partial charge in [-0.3, -0.25) is 9.52 Å². The molecule has 1 aromatic heterocycles. The largest absolute Gasteiger partial charge is 0.481 e. The Bertz CT molecular complexity index is 376. The molecule has 6 nitrogen and oxygen atoms in total. The molecule has 1 rings (SSSR count). The quantitative estimate of drug-likeness (QED) is 0.608. The number of aliphatic carboxylic acids is 1. The molecule has 0 bridgehead atoms. The van der Waals surface area contributed by atoms with Crippen molar-refractivity contribution in [3.8, 4) is 0 Å². The first-order valence-electron chi connectivity index (χ1n) is 3.15. The van der Waals surface area contributed by atoms with Crippen LogP contribution in [-0.4, -0.2) is 24.5 Å². The molecule has 0 radical (unpaired) electrons. The van der Waals surface area contributed by atoms with Crippen molar-refractivity contribution in [2.75, 3.05) is 4.72 Å². The van der Waals surface area contributed by atoms with Gasteiger partial charge in [0.25, 0.3) is 0 Å². The molecule has 0 atom stereocenters.